The first-order chi connectivity index (χ1) is 12.3. The summed E-state index contributed by atoms with van der Waals surface area (Å²) >= 11 is 0. The van der Waals surface area contributed by atoms with Crippen LogP contribution in [0.1, 0.15) is 37.7 Å². The van der Waals surface area contributed by atoms with E-state index in [0.29, 0.717) is 26.4 Å². The van der Waals surface area contributed by atoms with E-state index in [-0.39, 0.29) is 6.10 Å². The van der Waals surface area contributed by atoms with Crippen LogP contribution >= 0.6 is 0 Å². The molecule has 0 aliphatic carbocycles. The van der Waals surface area contributed by atoms with E-state index in [1.54, 1.807) is 7.11 Å². The largest absolute Gasteiger partial charge is 0.493 e. The Morgan fingerprint density at radius 1 is 1.08 bits per heavy atom. The van der Waals surface area contributed by atoms with Gasteiger partial charge in [0.05, 0.1) is 39.6 Å². The summed E-state index contributed by atoms with van der Waals surface area (Å²) in [5.41, 5.74) is 1.29. The fourth-order valence-corrected chi connectivity index (χ4v) is 3.49. The van der Waals surface area contributed by atoms with Gasteiger partial charge in [-0.2, -0.15) is 0 Å². The Kier molecular flexibility index (Phi) is 7.39. The average molecular weight is 349 g/mol. The highest BCUT2D eigenvalue weighted by Gasteiger charge is 2.15. The number of hydrogen-bond acceptors (Lipinski definition) is 5. The van der Waals surface area contributed by atoms with Gasteiger partial charge in [-0.15, -0.1) is 0 Å². The average Bonchev–Trinajstić information content (AvgIpc) is 2.92. The van der Waals surface area contributed by atoms with Gasteiger partial charge >= 0.3 is 0 Å². The SMILES string of the molecule is COc1ccc(CN2CCCCCC2)cc1OCCC1COCCO1. The zero-order valence-corrected chi connectivity index (χ0v) is 15.4. The molecule has 1 aromatic carbocycles. The summed E-state index contributed by atoms with van der Waals surface area (Å²) in [4.78, 5) is 2.55. The maximum atomic E-state index is 6.01. The van der Waals surface area contributed by atoms with Crippen LogP contribution in [0.15, 0.2) is 18.2 Å². The van der Waals surface area contributed by atoms with Gasteiger partial charge in [0.1, 0.15) is 0 Å². The fraction of sp³-hybridized carbons (Fsp3) is 0.700. The van der Waals surface area contributed by atoms with Crippen LogP contribution in [0.25, 0.3) is 0 Å². The van der Waals surface area contributed by atoms with E-state index in [9.17, 15) is 0 Å². The van der Waals surface area contributed by atoms with Crippen LogP contribution < -0.4 is 9.47 Å². The first kappa shape index (κ1) is 18.5. The highest BCUT2D eigenvalue weighted by molar-refractivity contribution is 5.43. The second-order valence-corrected chi connectivity index (χ2v) is 6.88. The molecule has 2 fully saturated rings. The molecule has 0 spiro atoms. The van der Waals surface area contributed by atoms with Crippen molar-refractivity contribution in [3.05, 3.63) is 23.8 Å². The molecule has 0 bridgehead atoms. The molecule has 0 radical (unpaired) electrons. The van der Waals surface area contributed by atoms with Gasteiger partial charge < -0.3 is 18.9 Å². The number of benzene rings is 1. The number of rotatable bonds is 7. The molecular formula is C20H31NO4. The third-order valence-electron chi connectivity index (χ3n) is 4.92. The molecule has 1 atom stereocenters. The summed E-state index contributed by atoms with van der Waals surface area (Å²) < 4.78 is 22.6. The van der Waals surface area contributed by atoms with Crippen molar-refractivity contribution < 1.29 is 18.9 Å². The molecule has 0 saturated carbocycles. The first-order valence-electron chi connectivity index (χ1n) is 9.56. The second-order valence-electron chi connectivity index (χ2n) is 6.88. The number of likely N-dealkylation sites (tertiary alicyclic amines) is 1. The van der Waals surface area contributed by atoms with Crippen molar-refractivity contribution in [1.29, 1.82) is 0 Å². The van der Waals surface area contributed by atoms with Gasteiger partial charge in [0.2, 0.25) is 0 Å². The third kappa shape index (κ3) is 5.87. The Morgan fingerprint density at radius 2 is 1.92 bits per heavy atom. The van der Waals surface area contributed by atoms with E-state index in [4.69, 9.17) is 18.9 Å². The number of methoxy groups -OCH3 is 1. The van der Waals surface area contributed by atoms with Gasteiger partial charge in [-0.1, -0.05) is 18.9 Å². The summed E-state index contributed by atoms with van der Waals surface area (Å²) in [6.45, 7) is 6.03. The number of hydrogen-bond donors (Lipinski definition) is 0. The summed E-state index contributed by atoms with van der Waals surface area (Å²) in [6, 6.07) is 6.29. The molecule has 0 N–H and O–H groups in total. The molecule has 5 heteroatoms. The molecule has 5 nitrogen and oxygen atoms in total. The fourth-order valence-electron chi connectivity index (χ4n) is 3.49. The molecule has 2 aliphatic rings. The normalized spacial score (nSPS) is 22.4. The lowest BCUT2D eigenvalue weighted by molar-refractivity contribution is -0.0935. The molecular weight excluding hydrogens is 318 g/mol. The van der Waals surface area contributed by atoms with Gasteiger partial charge in [-0.3, -0.25) is 4.90 Å². The van der Waals surface area contributed by atoms with Gasteiger partial charge in [0.25, 0.3) is 0 Å². The molecule has 1 unspecified atom stereocenters. The monoisotopic (exact) mass is 349 g/mol. The molecule has 25 heavy (non-hydrogen) atoms. The molecule has 140 valence electrons. The van der Waals surface area contributed by atoms with Crippen molar-refractivity contribution in [2.45, 2.75) is 44.8 Å². The van der Waals surface area contributed by atoms with Crippen LogP contribution in [-0.4, -0.2) is 57.6 Å². The lowest BCUT2D eigenvalue weighted by atomic mass is 10.1. The molecule has 0 aromatic heterocycles. The van der Waals surface area contributed by atoms with E-state index in [2.05, 4.69) is 17.0 Å². The molecule has 2 heterocycles. The van der Waals surface area contributed by atoms with Gasteiger partial charge in [-0.25, -0.2) is 0 Å². The van der Waals surface area contributed by atoms with Gasteiger partial charge in [0, 0.05) is 13.0 Å². The van der Waals surface area contributed by atoms with E-state index in [1.807, 2.05) is 6.07 Å². The minimum Gasteiger partial charge on any atom is -0.493 e. The standard InChI is InChI=1S/C20H31NO4/c1-22-19-7-6-17(15-21-9-4-2-3-5-10-21)14-20(19)25-11-8-18-16-23-12-13-24-18/h6-7,14,18H,2-5,8-13,15-16H2,1H3. The number of nitrogens with zero attached hydrogens (tertiary/aromatic N) is 1. The Bertz CT molecular complexity index is 508. The molecule has 2 saturated heterocycles. The lowest BCUT2D eigenvalue weighted by Crippen LogP contribution is -2.29. The topological polar surface area (TPSA) is 40.2 Å². The van der Waals surface area contributed by atoms with Crippen LogP contribution in [-0.2, 0) is 16.0 Å². The van der Waals surface area contributed by atoms with E-state index >= 15 is 0 Å². The minimum absolute atomic E-state index is 0.139. The Morgan fingerprint density at radius 3 is 2.64 bits per heavy atom. The molecule has 0 amide bonds. The summed E-state index contributed by atoms with van der Waals surface area (Å²) in [6.07, 6.45) is 6.31. The highest BCUT2D eigenvalue weighted by Crippen LogP contribution is 2.29. The van der Waals surface area contributed by atoms with Crippen LogP contribution in [0, 0.1) is 0 Å². The zero-order valence-electron chi connectivity index (χ0n) is 15.4. The third-order valence-corrected chi connectivity index (χ3v) is 4.92. The Hall–Kier alpha value is -1.30. The van der Waals surface area contributed by atoms with Crippen LogP contribution in [0.3, 0.4) is 0 Å². The van der Waals surface area contributed by atoms with Crippen molar-refractivity contribution in [2.24, 2.45) is 0 Å². The maximum absolute atomic E-state index is 6.01. The second kappa shape index (κ2) is 10.00. The first-order valence-corrected chi connectivity index (χ1v) is 9.56. The minimum atomic E-state index is 0.139. The zero-order chi connectivity index (χ0) is 17.3. The van der Waals surface area contributed by atoms with Gasteiger partial charge in [0.15, 0.2) is 11.5 Å². The van der Waals surface area contributed by atoms with Gasteiger partial charge in [-0.05, 0) is 43.6 Å². The lowest BCUT2D eigenvalue weighted by Gasteiger charge is -2.23. The smallest absolute Gasteiger partial charge is 0.161 e. The van der Waals surface area contributed by atoms with Crippen LogP contribution in [0.2, 0.25) is 0 Å². The Balaban J connectivity index is 1.55. The van der Waals surface area contributed by atoms with E-state index in [1.165, 1.54) is 44.3 Å². The highest BCUT2D eigenvalue weighted by atomic mass is 16.6. The van der Waals surface area contributed by atoms with Crippen LogP contribution in [0.5, 0.6) is 11.5 Å². The molecule has 2 aliphatic heterocycles. The van der Waals surface area contributed by atoms with Crippen molar-refractivity contribution in [1.82, 2.24) is 4.90 Å². The van der Waals surface area contributed by atoms with Crippen molar-refractivity contribution >= 4 is 0 Å². The summed E-state index contributed by atoms with van der Waals surface area (Å²) in [7, 11) is 1.69. The predicted molar refractivity (Wildman–Crippen MR) is 97.4 cm³/mol. The summed E-state index contributed by atoms with van der Waals surface area (Å²) in [5.74, 6) is 1.62. The quantitative estimate of drug-likeness (QED) is 0.756. The van der Waals surface area contributed by atoms with Crippen molar-refractivity contribution in [2.75, 3.05) is 46.6 Å². The van der Waals surface area contributed by atoms with E-state index < -0.39 is 0 Å². The van der Waals surface area contributed by atoms with E-state index in [0.717, 1.165) is 24.5 Å². The Labute approximate surface area is 151 Å². The summed E-state index contributed by atoms with van der Waals surface area (Å²) in [5, 5.41) is 0. The van der Waals surface area contributed by atoms with Crippen LogP contribution in [0.4, 0.5) is 0 Å². The van der Waals surface area contributed by atoms with Crippen molar-refractivity contribution in [3.63, 3.8) is 0 Å². The number of ether oxygens (including phenoxy) is 4. The predicted octanol–water partition coefficient (Wildman–Crippen LogP) is 3.26. The van der Waals surface area contributed by atoms with Crippen molar-refractivity contribution in [3.8, 4) is 11.5 Å². The maximum Gasteiger partial charge on any atom is 0.161 e. The molecule has 3 rings (SSSR count). The molecule has 1 aromatic rings.